The van der Waals surface area contributed by atoms with Gasteiger partial charge < -0.3 is 20.3 Å². The molecule has 2 N–H and O–H groups in total. The first-order valence-electron chi connectivity index (χ1n) is 9.24. The highest BCUT2D eigenvalue weighted by molar-refractivity contribution is 5.79. The molecule has 0 amide bonds. The van der Waals surface area contributed by atoms with Gasteiger partial charge in [-0.15, -0.1) is 0 Å². The Balaban J connectivity index is 1.69. The van der Waals surface area contributed by atoms with Crippen LogP contribution in [0.5, 0.6) is 0 Å². The van der Waals surface area contributed by atoms with Gasteiger partial charge >= 0.3 is 0 Å². The molecule has 1 fully saturated rings. The van der Waals surface area contributed by atoms with Gasteiger partial charge in [-0.2, -0.15) is 0 Å². The molecule has 0 saturated carbocycles. The van der Waals surface area contributed by atoms with Crippen molar-refractivity contribution in [3.05, 3.63) is 35.4 Å². The number of rotatable bonds is 8. The Morgan fingerprint density at radius 1 is 1.31 bits per heavy atom. The van der Waals surface area contributed by atoms with Crippen LogP contribution in [-0.2, 0) is 11.2 Å². The molecular formula is C19H30F2N4O. The third-order valence-electron chi connectivity index (χ3n) is 4.67. The zero-order chi connectivity index (χ0) is 18.8. The Bertz CT molecular complexity index is 575. The average Bonchev–Trinajstić information content (AvgIpc) is 2.65. The number of likely N-dealkylation sites (tertiary alicyclic amines) is 1. The van der Waals surface area contributed by atoms with Crippen LogP contribution >= 0.6 is 0 Å². The summed E-state index contributed by atoms with van der Waals surface area (Å²) in [6.45, 7) is 4.50. The second-order valence-electron chi connectivity index (χ2n) is 6.59. The van der Waals surface area contributed by atoms with Gasteiger partial charge in [0.05, 0.1) is 0 Å². The summed E-state index contributed by atoms with van der Waals surface area (Å²) in [7, 11) is 3.45. The van der Waals surface area contributed by atoms with Gasteiger partial charge in [0, 0.05) is 53.0 Å². The highest BCUT2D eigenvalue weighted by Gasteiger charge is 2.19. The van der Waals surface area contributed by atoms with E-state index in [4.69, 9.17) is 4.74 Å². The quantitative estimate of drug-likeness (QED) is 0.420. The normalized spacial score (nSPS) is 16.7. The van der Waals surface area contributed by atoms with Gasteiger partial charge in [0.1, 0.15) is 11.6 Å². The van der Waals surface area contributed by atoms with Crippen molar-refractivity contribution < 1.29 is 13.5 Å². The summed E-state index contributed by atoms with van der Waals surface area (Å²) in [5, 5.41) is 6.61. The van der Waals surface area contributed by atoms with Gasteiger partial charge in [-0.05, 0) is 49.4 Å². The van der Waals surface area contributed by atoms with Crippen LogP contribution in [0.1, 0.15) is 24.8 Å². The fraction of sp³-hybridized carbons (Fsp3) is 0.632. The lowest BCUT2D eigenvalue weighted by atomic mass is 10.1. The molecule has 1 aromatic carbocycles. The van der Waals surface area contributed by atoms with E-state index in [9.17, 15) is 8.78 Å². The second kappa shape index (κ2) is 11.1. The number of aliphatic imine (C=N–C) groups is 1. The monoisotopic (exact) mass is 368 g/mol. The molecular weight excluding hydrogens is 338 g/mol. The highest BCUT2D eigenvalue weighted by atomic mass is 19.1. The third-order valence-corrected chi connectivity index (χ3v) is 4.67. The summed E-state index contributed by atoms with van der Waals surface area (Å²) in [4.78, 5) is 6.69. The zero-order valence-corrected chi connectivity index (χ0v) is 15.7. The lowest BCUT2D eigenvalue weighted by Gasteiger charge is -2.33. The molecule has 0 bridgehead atoms. The van der Waals surface area contributed by atoms with Gasteiger partial charge in [-0.3, -0.25) is 4.99 Å². The number of guanidine groups is 1. The van der Waals surface area contributed by atoms with Crippen molar-refractivity contribution in [2.24, 2.45) is 4.99 Å². The second-order valence-corrected chi connectivity index (χ2v) is 6.59. The summed E-state index contributed by atoms with van der Waals surface area (Å²) in [6.07, 6.45) is 3.59. The van der Waals surface area contributed by atoms with Crippen molar-refractivity contribution in [1.82, 2.24) is 15.5 Å². The van der Waals surface area contributed by atoms with Gasteiger partial charge in [-0.1, -0.05) is 0 Å². The molecule has 146 valence electrons. The lowest BCUT2D eigenvalue weighted by molar-refractivity contribution is 0.155. The first-order chi connectivity index (χ1) is 12.6. The van der Waals surface area contributed by atoms with Crippen molar-refractivity contribution >= 4 is 5.96 Å². The molecule has 0 unspecified atom stereocenters. The Morgan fingerprint density at radius 3 is 2.77 bits per heavy atom. The number of halogens is 2. The smallest absolute Gasteiger partial charge is 0.191 e. The standard InChI is InChI=1S/C19H30F2N4O/c1-22-19(23-9-6-15-14-16(20)4-5-18(15)21)24-17-7-11-25(12-8-17)10-3-13-26-2/h4-5,14,17H,3,6-13H2,1-2H3,(H2,22,23,24). The minimum atomic E-state index is -0.416. The van der Waals surface area contributed by atoms with E-state index in [1.807, 2.05) is 0 Å². The minimum absolute atomic E-state index is 0.373. The van der Waals surface area contributed by atoms with Crippen LogP contribution in [0.25, 0.3) is 0 Å². The number of nitrogens with zero attached hydrogens (tertiary/aromatic N) is 2. The summed E-state index contributed by atoms with van der Waals surface area (Å²) in [6, 6.07) is 3.92. The average molecular weight is 368 g/mol. The number of nitrogens with one attached hydrogen (secondary N) is 2. The Hall–Kier alpha value is -1.73. The Kier molecular flexibility index (Phi) is 8.77. The molecule has 5 nitrogen and oxygen atoms in total. The van der Waals surface area contributed by atoms with Crippen molar-refractivity contribution in [2.45, 2.75) is 31.7 Å². The van der Waals surface area contributed by atoms with Crippen LogP contribution in [0.15, 0.2) is 23.2 Å². The largest absolute Gasteiger partial charge is 0.385 e. The SMILES string of the molecule is CN=C(NCCc1cc(F)ccc1F)NC1CCN(CCCOC)CC1. The summed E-state index contributed by atoms with van der Waals surface area (Å²) in [5.41, 5.74) is 0.373. The zero-order valence-electron chi connectivity index (χ0n) is 15.7. The Labute approximate surface area is 154 Å². The van der Waals surface area contributed by atoms with Crippen LogP contribution in [0.3, 0.4) is 0 Å². The van der Waals surface area contributed by atoms with Gasteiger partial charge in [-0.25, -0.2) is 8.78 Å². The van der Waals surface area contributed by atoms with Crippen molar-refractivity contribution in [1.29, 1.82) is 0 Å². The molecule has 1 saturated heterocycles. The maximum Gasteiger partial charge on any atom is 0.191 e. The lowest BCUT2D eigenvalue weighted by Crippen LogP contribution is -2.49. The molecule has 7 heteroatoms. The predicted molar refractivity (Wildman–Crippen MR) is 101 cm³/mol. The topological polar surface area (TPSA) is 48.9 Å². The van der Waals surface area contributed by atoms with Crippen LogP contribution < -0.4 is 10.6 Å². The molecule has 0 radical (unpaired) electrons. The highest BCUT2D eigenvalue weighted by Crippen LogP contribution is 2.11. The molecule has 1 aromatic rings. The number of benzene rings is 1. The molecule has 2 rings (SSSR count). The third kappa shape index (κ3) is 6.88. The van der Waals surface area contributed by atoms with Gasteiger partial charge in [0.25, 0.3) is 0 Å². The molecule has 0 atom stereocenters. The van der Waals surface area contributed by atoms with E-state index in [1.54, 1.807) is 14.2 Å². The number of hydrogen-bond donors (Lipinski definition) is 2. The summed E-state index contributed by atoms with van der Waals surface area (Å²) < 4.78 is 31.9. The van der Waals surface area contributed by atoms with E-state index in [2.05, 4.69) is 20.5 Å². The van der Waals surface area contributed by atoms with E-state index >= 15 is 0 Å². The van der Waals surface area contributed by atoms with Crippen LogP contribution in [-0.4, -0.2) is 63.8 Å². The fourth-order valence-electron chi connectivity index (χ4n) is 3.17. The van der Waals surface area contributed by atoms with Crippen LogP contribution in [0, 0.1) is 11.6 Å². The maximum atomic E-state index is 13.6. The van der Waals surface area contributed by atoms with Crippen LogP contribution in [0.2, 0.25) is 0 Å². The molecule has 26 heavy (non-hydrogen) atoms. The summed E-state index contributed by atoms with van der Waals surface area (Å²) in [5.74, 6) is -0.0854. The molecule has 0 aliphatic carbocycles. The van der Waals surface area contributed by atoms with Gasteiger partial charge in [0.15, 0.2) is 5.96 Å². The van der Waals surface area contributed by atoms with Crippen molar-refractivity contribution in [2.75, 3.05) is 46.9 Å². The van der Waals surface area contributed by atoms with E-state index in [0.717, 1.165) is 57.6 Å². The molecule has 1 aliphatic heterocycles. The molecule has 0 aromatic heterocycles. The van der Waals surface area contributed by atoms with E-state index in [1.165, 1.54) is 6.07 Å². The minimum Gasteiger partial charge on any atom is -0.385 e. The van der Waals surface area contributed by atoms with Crippen molar-refractivity contribution in [3.63, 3.8) is 0 Å². The molecule has 0 spiro atoms. The molecule has 1 heterocycles. The number of piperidine rings is 1. The number of ether oxygens (including phenoxy) is 1. The molecule has 1 aliphatic rings. The predicted octanol–water partition coefficient (Wildman–Crippen LogP) is 2.17. The van der Waals surface area contributed by atoms with E-state index < -0.39 is 5.82 Å². The maximum absolute atomic E-state index is 13.6. The number of hydrogen-bond acceptors (Lipinski definition) is 3. The van der Waals surface area contributed by atoms with Crippen LogP contribution in [0.4, 0.5) is 8.78 Å². The Morgan fingerprint density at radius 2 is 2.08 bits per heavy atom. The van der Waals surface area contributed by atoms with Crippen molar-refractivity contribution in [3.8, 4) is 0 Å². The summed E-state index contributed by atoms with van der Waals surface area (Å²) >= 11 is 0. The first kappa shape index (κ1) is 20.6. The fourth-order valence-corrected chi connectivity index (χ4v) is 3.17. The van der Waals surface area contributed by atoms with E-state index in [0.29, 0.717) is 30.5 Å². The first-order valence-corrected chi connectivity index (χ1v) is 9.24. The number of methoxy groups -OCH3 is 1. The van der Waals surface area contributed by atoms with Gasteiger partial charge in [0.2, 0.25) is 0 Å². The van der Waals surface area contributed by atoms with E-state index in [-0.39, 0.29) is 5.82 Å².